The summed E-state index contributed by atoms with van der Waals surface area (Å²) < 4.78 is 18.1. The van der Waals surface area contributed by atoms with Gasteiger partial charge in [-0.15, -0.1) is 0 Å². The molecule has 0 bridgehead atoms. The van der Waals surface area contributed by atoms with E-state index in [0.29, 0.717) is 47.1 Å². The van der Waals surface area contributed by atoms with Crippen LogP contribution in [0.4, 0.5) is 10.1 Å². The second-order valence-corrected chi connectivity index (χ2v) is 12.1. The van der Waals surface area contributed by atoms with E-state index in [4.69, 9.17) is 28.2 Å². The summed E-state index contributed by atoms with van der Waals surface area (Å²) >= 11 is 12.6. The normalized spacial score (nSPS) is 23.5. The topological polar surface area (TPSA) is 87.5 Å². The van der Waals surface area contributed by atoms with Gasteiger partial charge < -0.3 is 15.0 Å². The maximum Gasteiger partial charge on any atom is 0.335 e. The molecule has 4 atom stereocenters. The van der Waals surface area contributed by atoms with E-state index in [1.807, 2.05) is 6.92 Å². The van der Waals surface area contributed by atoms with Gasteiger partial charge in [-0.2, -0.15) is 0 Å². The largest absolute Gasteiger partial charge is 0.478 e. The molecule has 3 heterocycles. The average molecular weight is 610 g/mol. The van der Waals surface area contributed by atoms with Crippen LogP contribution in [-0.4, -0.2) is 49.6 Å². The Morgan fingerprint density at radius 2 is 1.93 bits per heavy atom. The molecule has 2 N–H and O–H groups in total. The third-order valence-electron chi connectivity index (χ3n) is 8.96. The number of anilines is 1. The second-order valence-electron chi connectivity index (χ2n) is 11.3. The van der Waals surface area contributed by atoms with Crippen LogP contribution in [0, 0.1) is 5.82 Å². The fourth-order valence-electron chi connectivity index (χ4n) is 7.06. The van der Waals surface area contributed by atoms with E-state index in [0.717, 1.165) is 18.4 Å². The van der Waals surface area contributed by atoms with Crippen LogP contribution in [0.2, 0.25) is 10.0 Å². The maximum absolute atomic E-state index is 16.0. The number of carbonyl (C=O) groups is 2. The van der Waals surface area contributed by atoms with Gasteiger partial charge in [-0.05, 0) is 74.3 Å². The summed E-state index contributed by atoms with van der Waals surface area (Å²) in [4.78, 5) is 33.4. The minimum Gasteiger partial charge on any atom is -0.478 e. The lowest BCUT2D eigenvalue weighted by molar-refractivity contribution is -0.127. The number of amides is 1. The minimum atomic E-state index is -1.18. The molecule has 6 rings (SSSR count). The van der Waals surface area contributed by atoms with Gasteiger partial charge in [0.25, 0.3) is 0 Å². The number of carboxylic acid groups (broad SMARTS) is 1. The van der Waals surface area contributed by atoms with Crippen molar-refractivity contribution in [3.63, 3.8) is 0 Å². The number of hydrogen-bond acceptors (Lipinski definition) is 4. The van der Waals surface area contributed by atoms with Gasteiger partial charge in [-0.25, -0.2) is 14.2 Å². The number of fused-ring (bicyclic) bond motifs is 5. The van der Waals surface area contributed by atoms with Gasteiger partial charge in [0.1, 0.15) is 17.2 Å². The molecule has 2 aliphatic heterocycles. The van der Waals surface area contributed by atoms with Crippen molar-refractivity contribution in [3.8, 4) is 0 Å². The number of halogens is 3. The minimum absolute atomic E-state index is 0.0101. The number of aromatic carboxylic acids is 1. The Hall–Kier alpha value is -3.46. The standard InChI is InChI=1S/C32H31Cl2FN4O3/c1-3-4-14-39-25-13-15-38-24-12-11-18(30(40)41)16-23(24)37-29(38)26(25)27(21-9-6-10-22(34)28(21)35)32(39,2)31(42)36-20-8-5-7-19(33)17-20/h5-12,16-17,25-27H,3-4,13-15H2,1-2H3,(H,36,42)(H,40,41)/t25-,26+,27-,32+/m0/s1. The van der Waals surface area contributed by atoms with Crippen molar-refractivity contribution in [2.45, 2.75) is 63.1 Å². The summed E-state index contributed by atoms with van der Waals surface area (Å²) in [5.74, 6) is -2.14. The summed E-state index contributed by atoms with van der Waals surface area (Å²) in [5.41, 5.74) is 1.25. The van der Waals surface area contributed by atoms with Crippen LogP contribution >= 0.6 is 23.2 Å². The summed E-state index contributed by atoms with van der Waals surface area (Å²) in [5, 5.41) is 13.1. The van der Waals surface area contributed by atoms with Gasteiger partial charge >= 0.3 is 5.97 Å². The van der Waals surface area contributed by atoms with Crippen LogP contribution in [0.15, 0.2) is 60.7 Å². The number of nitrogens with zero attached hydrogens (tertiary/aromatic N) is 3. The molecule has 0 unspecified atom stereocenters. The molecular weight excluding hydrogens is 578 g/mol. The molecule has 3 aromatic carbocycles. The Bertz CT molecular complexity index is 1710. The number of benzene rings is 3. The van der Waals surface area contributed by atoms with Crippen LogP contribution in [-0.2, 0) is 11.3 Å². The van der Waals surface area contributed by atoms with Gasteiger partial charge in [0.05, 0.1) is 21.6 Å². The molecule has 0 aliphatic carbocycles. The molecule has 7 nitrogen and oxygen atoms in total. The first-order valence-electron chi connectivity index (χ1n) is 14.2. The lowest BCUT2D eigenvalue weighted by Crippen LogP contribution is -2.56. The van der Waals surface area contributed by atoms with Crippen molar-refractivity contribution in [2.24, 2.45) is 0 Å². The number of likely N-dealkylation sites (tertiary alicyclic amines) is 1. The molecule has 1 amide bonds. The Labute approximate surface area is 253 Å². The molecule has 0 radical (unpaired) electrons. The van der Waals surface area contributed by atoms with E-state index in [-0.39, 0.29) is 28.5 Å². The van der Waals surface area contributed by atoms with Crippen molar-refractivity contribution in [2.75, 3.05) is 11.9 Å². The van der Waals surface area contributed by atoms with Crippen LogP contribution in [0.3, 0.4) is 0 Å². The Balaban J connectivity index is 1.57. The molecule has 1 saturated heterocycles. The van der Waals surface area contributed by atoms with Crippen LogP contribution in [0.5, 0.6) is 0 Å². The van der Waals surface area contributed by atoms with Gasteiger partial charge in [-0.1, -0.05) is 54.7 Å². The van der Waals surface area contributed by atoms with Crippen LogP contribution < -0.4 is 5.32 Å². The number of nitrogens with one attached hydrogen (secondary N) is 1. The van der Waals surface area contributed by atoms with E-state index >= 15 is 4.39 Å². The highest BCUT2D eigenvalue weighted by molar-refractivity contribution is 6.31. The van der Waals surface area contributed by atoms with E-state index in [1.165, 1.54) is 6.07 Å². The average Bonchev–Trinajstić information content (AvgIpc) is 3.46. The number of imidazole rings is 1. The lowest BCUT2D eigenvalue weighted by Gasteiger charge is -2.40. The van der Waals surface area contributed by atoms with Crippen molar-refractivity contribution in [3.05, 3.63) is 93.5 Å². The smallest absolute Gasteiger partial charge is 0.335 e. The monoisotopic (exact) mass is 608 g/mol. The van der Waals surface area contributed by atoms with Crippen molar-refractivity contribution < 1.29 is 19.1 Å². The number of aromatic nitrogens is 2. The molecule has 10 heteroatoms. The summed E-state index contributed by atoms with van der Waals surface area (Å²) in [6, 6.07) is 16.7. The molecular formula is C32H31Cl2FN4O3. The van der Waals surface area contributed by atoms with Gasteiger partial charge in [-0.3, -0.25) is 9.69 Å². The third-order valence-corrected chi connectivity index (χ3v) is 9.49. The first kappa shape index (κ1) is 28.6. The number of rotatable bonds is 7. The molecule has 0 saturated carbocycles. The van der Waals surface area contributed by atoms with Crippen molar-refractivity contribution >= 4 is 51.8 Å². The number of carboxylic acids is 1. The Morgan fingerprint density at radius 1 is 1.14 bits per heavy atom. The van der Waals surface area contributed by atoms with E-state index < -0.39 is 23.2 Å². The molecule has 4 aromatic rings. The highest BCUT2D eigenvalue weighted by atomic mass is 35.5. The van der Waals surface area contributed by atoms with E-state index in [1.54, 1.807) is 54.6 Å². The van der Waals surface area contributed by atoms with Crippen molar-refractivity contribution in [1.29, 1.82) is 0 Å². The first-order chi connectivity index (χ1) is 20.1. The quantitative estimate of drug-likeness (QED) is 0.229. The fourth-order valence-corrected chi connectivity index (χ4v) is 7.43. The van der Waals surface area contributed by atoms with E-state index in [2.05, 4.69) is 21.7 Å². The zero-order valence-corrected chi connectivity index (χ0v) is 24.8. The fraction of sp³-hybridized carbons (Fsp3) is 0.344. The lowest BCUT2D eigenvalue weighted by atomic mass is 9.73. The molecule has 1 fully saturated rings. The van der Waals surface area contributed by atoms with Crippen LogP contribution in [0.1, 0.15) is 66.7 Å². The Kier molecular flexibility index (Phi) is 7.50. The SMILES string of the molecule is CCCCN1[C@H]2CCn3c(nc4cc(C(=O)O)ccc43)[C@H]2[C@H](c2cccc(Cl)c2F)[C@]1(C)C(=O)Nc1cccc(Cl)c1. The molecule has 42 heavy (non-hydrogen) atoms. The van der Waals surface area contributed by atoms with Crippen LogP contribution in [0.25, 0.3) is 11.0 Å². The maximum atomic E-state index is 16.0. The zero-order chi connectivity index (χ0) is 29.8. The number of aryl methyl sites for hydroxylation is 1. The molecule has 0 spiro atoms. The third kappa shape index (κ3) is 4.57. The first-order valence-corrected chi connectivity index (χ1v) is 14.9. The number of unbranched alkanes of at least 4 members (excludes halogenated alkanes) is 1. The summed E-state index contributed by atoms with van der Waals surface area (Å²) in [6.45, 7) is 5.27. The number of carbonyl (C=O) groups excluding carboxylic acids is 1. The van der Waals surface area contributed by atoms with Gasteiger partial charge in [0.2, 0.25) is 5.91 Å². The predicted molar refractivity (Wildman–Crippen MR) is 162 cm³/mol. The van der Waals surface area contributed by atoms with Crippen molar-refractivity contribution in [1.82, 2.24) is 14.5 Å². The highest BCUT2D eigenvalue weighted by Crippen LogP contribution is 2.57. The predicted octanol–water partition coefficient (Wildman–Crippen LogP) is 7.33. The van der Waals surface area contributed by atoms with Gasteiger partial charge in [0, 0.05) is 35.1 Å². The second kappa shape index (κ2) is 11.0. The Morgan fingerprint density at radius 3 is 2.67 bits per heavy atom. The molecule has 1 aromatic heterocycles. The zero-order valence-electron chi connectivity index (χ0n) is 23.3. The molecule has 2 aliphatic rings. The summed E-state index contributed by atoms with van der Waals surface area (Å²) in [7, 11) is 0. The van der Waals surface area contributed by atoms with E-state index in [9.17, 15) is 14.7 Å². The molecule has 218 valence electrons. The van der Waals surface area contributed by atoms with Gasteiger partial charge in [0.15, 0.2) is 0 Å². The number of hydrogen-bond donors (Lipinski definition) is 2. The summed E-state index contributed by atoms with van der Waals surface area (Å²) in [6.07, 6.45) is 2.49. The highest BCUT2D eigenvalue weighted by Gasteiger charge is 2.63.